The molecule has 1 aromatic carbocycles. The summed E-state index contributed by atoms with van der Waals surface area (Å²) in [7, 11) is 0. The molecule has 3 rings (SSSR count). The molecule has 2 aromatic rings. The van der Waals surface area contributed by atoms with Crippen molar-refractivity contribution in [3.8, 4) is 5.75 Å². The largest absolute Gasteiger partial charge is 0.491 e. The molecule has 1 aliphatic heterocycles. The topological polar surface area (TPSA) is 45.6 Å². The van der Waals surface area contributed by atoms with Crippen LogP contribution in [0.5, 0.6) is 5.75 Å². The Morgan fingerprint density at radius 1 is 1.35 bits per heavy atom. The van der Waals surface area contributed by atoms with Crippen LogP contribution >= 0.6 is 22.9 Å². The van der Waals surface area contributed by atoms with E-state index in [0.29, 0.717) is 23.8 Å². The molecule has 1 atom stereocenters. The number of nitrogens with zero attached hydrogens (tertiary/aromatic N) is 2. The summed E-state index contributed by atoms with van der Waals surface area (Å²) in [6.07, 6.45) is 4.26. The van der Waals surface area contributed by atoms with E-state index in [0.717, 1.165) is 37.5 Å². The van der Waals surface area contributed by atoms with Crippen molar-refractivity contribution in [3.05, 3.63) is 45.9 Å². The molecule has 4 nitrogen and oxygen atoms in total. The van der Waals surface area contributed by atoms with Crippen LogP contribution in [0.1, 0.15) is 24.3 Å². The van der Waals surface area contributed by atoms with Gasteiger partial charge in [0, 0.05) is 23.1 Å². The zero-order valence-electron chi connectivity index (χ0n) is 12.9. The first-order chi connectivity index (χ1) is 11.1. The zero-order valence-corrected chi connectivity index (χ0v) is 14.5. The molecule has 2 heterocycles. The lowest BCUT2D eigenvalue weighted by molar-refractivity contribution is -0.0168. The fourth-order valence-electron chi connectivity index (χ4n) is 2.83. The van der Waals surface area contributed by atoms with E-state index in [-0.39, 0.29) is 0 Å². The third kappa shape index (κ3) is 4.91. The van der Waals surface area contributed by atoms with Crippen molar-refractivity contribution in [1.29, 1.82) is 0 Å². The number of likely N-dealkylation sites (tertiary alicyclic amines) is 1. The molecular formula is C17H21ClN2O2S. The van der Waals surface area contributed by atoms with Crippen LogP contribution in [0.25, 0.3) is 0 Å². The molecular weight excluding hydrogens is 332 g/mol. The number of hydrogen-bond donors (Lipinski definition) is 1. The van der Waals surface area contributed by atoms with Gasteiger partial charge in [0.25, 0.3) is 0 Å². The molecule has 1 saturated heterocycles. The quantitative estimate of drug-likeness (QED) is 0.893. The molecule has 6 heteroatoms. The van der Waals surface area contributed by atoms with Crippen LogP contribution in [0.15, 0.2) is 35.8 Å². The third-order valence-electron chi connectivity index (χ3n) is 4.16. The Morgan fingerprint density at radius 2 is 2.26 bits per heavy atom. The highest BCUT2D eigenvalue weighted by molar-refractivity contribution is 7.09. The number of thiazole rings is 1. The summed E-state index contributed by atoms with van der Waals surface area (Å²) < 4.78 is 5.76. The van der Waals surface area contributed by atoms with Crippen molar-refractivity contribution >= 4 is 22.9 Å². The Labute approximate surface area is 145 Å². The summed E-state index contributed by atoms with van der Waals surface area (Å²) in [5, 5.41) is 14.6. The molecule has 0 aliphatic carbocycles. The Morgan fingerprint density at radius 3 is 3.04 bits per heavy atom. The number of aliphatic hydroxyl groups is 1. The van der Waals surface area contributed by atoms with Crippen molar-refractivity contribution in [3.63, 3.8) is 0 Å². The minimum atomic E-state index is -0.778. The maximum Gasteiger partial charge on any atom is 0.120 e. The van der Waals surface area contributed by atoms with Crippen LogP contribution in [0.2, 0.25) is 5.02 Å². The van der Waals surface area contributed by atoms with E-state index < -0.39 is 5.60 Å². The molecule has 1 N–H and O–H groups in total. The normalized spacial score (nSPS) is 22.7. The number of aromatic nitrogens is 1. The van der Waals surface area contributed by atoms with E-state index in [1.165, 1.54) is 0 Å². The highest BCUT2D eigenvalue weighted by Gasteiger charge is 2.31. The number of benzene rings is 1. The van der Waals surface area contributed by atoms with Crippen molar-refractivity contribution in [2.75, 3.05) is 19.7 Å². The van der Waals surface area contributed by atoms with E-state index in [2.05, 4.69) is 9.88 Å². The fraction of sp³-hybridized carbons (Fsp3) is 0.471. The van der Waals surface area contributed by atoms with Gasteiger partial charge >= 0.3 is 0 Å². The molecule has 1 unspecified atom stereocenters. The van der Waals surface area contributed by atoms with Crippen LogP contribution < -0.4 is 4.74 Å². The van der Waals surface area contributed by atoms with Gasteiger partial charge in [0.1, 0.15) is 17.4 Å². The monoisotopic (exact) mass is 352 g/mol. The van der Waals surface area contributed by atoms with Gasteiger partial charge in [-0.05, 0) is 44.0 Å². The van der Waals surface area contributed by atoms with Crippen LogP contribution in [0.3, 0.4) is 0 Å². The standard InChI is InChI=1S/C17H21ClN2O2S/c18-14-3-1-4-15(11-14)22-13-17(21)5-2-8-20(9-6-17)12-16-19-7-10-23-16/h1,3-4,7,10-11,21H,2,5-6,8-9,12-13H2. The third-order valence-corrected chi connectivity index (χ3v) is 5.16. The van der Waals surface area contributed by atoms with E-state index in [1.54, 1.807) is 17.4 Å². The Balaban J connectivity index is 1.53. The Hall–Kier alpha value is -1.14. The molecule has 0 radical (unpaired) electrons. The second-order valence-electron chi connectivity index (χ2n) is 6.03. The molecule has 0 spiro atoms. The van der Waals surface area contributed by atoms with Crippen molar-refractivity contribution in [2.45, 2.75) is 31.4 Å². The van der Waals surface area contributed by atoms with Crippen LogP contribution in [-0.4, -0.2) is 40.3 Å². The lowest BCUT2D eigenvalue weighted by Crippen LogP contribution is -2.37. The molecule has 1 aromatic heterocycles. The SMILES string of the molecule is OC1(COc2cccc(Cl)c2)CCCN(Cc2nccs2)CC1. The van der Waals surface area contributed by atoms with Crippen molar-refractivity contribution in [1.82, 2.24) is 9.88 Å². The molecule has 124 valence electrons. The van der Waals surface area contributed by atoms with Gasteiger partial charge in [-0.15, -0.1) is 11.3 Å². The van der Waals surface area contributed by atoms with Crippen LogP contribution in [0.4, 0.5) is 0 Å². The van der Waals surface area contributed by atoms with Gasteiger partial charge in [0.05, 0.1) is 12.1 Å². The van der Waals surface area contributed by atoms with Gasteiger partial charge in [-0.25, -0.2) is 4.98 Å². The lowest BCUT2D eigenvalue weighted by Gasteiger charge is -2.27. The summed E-state index contributed by atoms with van der Waals surface area (Å²) in [4.78, 5) is 6.70. The summed E-state index contributed by atoms with van der Waals surface area (Å²) in [5.41, 5.74) is -0.778. The molecule has 0 bridgehead atoms. The number of rotatable bonds is 5. The van der Waals surface area contributed by atoms with Crippen LogP contribution in [-0.2, 0) is 6.54 Å². The second kappa shape index (κ2) is 7.62. The van der Waals surface area contributed by atoms with Gasteiger partial charge in [0.15, 0.2) is 0 Å². The molecule has 1 aliphatic rings. The minimum absolute atomic E-state index is 0.304. The highest BCUT2D eigenvalue weighted by Crippen LogP contribution is 2.26. The first-order valence-electron chi connectivity index (χ1n) is 7.84. The Kier molecular flexibility index (Phi) is 5.54. The predicted molar refractivity (Wildman–Crippen MR) is 93.1 cm³/mol. The van der Waals surface area contributed by atoms with E-state index in [9.17, 15) is 5.11 Å². The maximum atomic E-state index is 10.8. The zero-order chi connectivity index (χ0) is 16.1. The molecule has 0 saturated carbocycles. The maximum absolute atomic E-state index is 10.8. The van der Waals surface area contributed by atoms with E-state index in [4.69, 9.17) is 16.3 Å². The van der Waals surface area contributed by atoms with Crippen molar-refractivity contribution < 1.29 is 9.84 Å². The summed E-state index contributed by atoms with van der Waals surface area (Å²) in [6.45, 7) is 3.01. The van der Waals surface area contributed by atoms with Gasteiger partial charge in [-0.1, -0.05) is 17.7 Å². The number of hydrogen-bond acceptors (Lipinski definition) is 5. The van der Waals surface area contributed by atoms with Gasteiger partial charge in [0.2, 0.25) is 0 Å². The lowest BCUT2D eigenvalue weighted by atomic mass is 9.96. The molecule has 1 fully saturated rings. The van der Waals surface area contributed by atoms with Crippen molar-refractivity contribution in [2.24, 2.45) is 0 Å². The molecule has 23 heavy (non-hydrogen) atoms. The van der Waals surface area contributed by atoms with Crippen LogP contribution in [0, 0.1) is 0 Å². The second-order valence-corrected chi connectivity index (χ2v) is 7.44. The minimum Gasteiger partial charge on any atom is -0.491 e. The number of ether oxygens (including phenoxy) is 1. The van der Waals surface area contributed by atoms with E-state index in [1.807, 2.05) is 29.8 Å². The van der Waals surface area contributed by atoms with Gasteiger partial charge in [-0.2, -0.15) is 0 Å². The van der Waals surface area contributed by atoms with Gasteiger partial charge in [-0.3, -0.25) is 4.90 Å². The average Bonchev–Trinajstić information content (AvgIpc) is 2.97. The fourth-order valence-corrected chi connectivity index (χ4v) is 3.67. The summed E-state index contributed by atoms with van der Waals surface area (Å²) >= 11 is 7.64. The summed E-state index contributed by atoms with van der Waals surface area (Å²) in [5.74, 6) is 0.704. The van der Waals surface area contributed by atoms with Gasteiger partial charge < -0.3 is 9.84 Å². The first kappa shape index (κ1) is 16.7. The van der Waals surface area contributed by atoms with E-state index >= 15 is 0 Å². The number of halogens is 1. The predicted octanol–water partition coefficient (Wildman–Crippen LogP) is 3.59. The average molecular weight is 353 g/mol. The molecule has 0 amide bonds. The highest BCUT2D eigenvalue weighted by atomic mass is 35.5. The summed E-state index contributed by atoms with van der Waals surface area (Å²) in [6, 6.07) is 7.30. The first-order valence-corrected chi connectivity index (χ1v) is 9.10. The Bertz CT molecular complexity index is 623. The smallest absolute Gasteiger partial charge is 0.120 e.